The number of nitrogens with two attached hydrogens (primary N) is 2. The van der Waals surface area contributed by atoms with E-state index in [4.69, 9.17) is 27.8 Å². The number of guanidine groups is 1. The van der Waals surface area contributed by atoms with Crippen LogP contribution < -0.4 is 22.1 Å². The molecule has 2 atom stereocenters. The second-order valence-electron chi connectivity index (χ2n) is 9.51. The second kappa shape index (κ2) is 10.7. The van der Waals surface area contributed by atoms with Crippen LogP contribution in [0, 0.1) is 0 Å². The summed E-state index contributed by atoms with van der Waals surface area (Å²) in [5.41, 5.74) is 12.9. The third-order valence-corrected chi connectivity index (χ3v) is 7.05. The molecule has 0 aromatic heterocycles. The van der Waals surface area contributed by atoms with Crippen molar-refractivity contribution in [1.29, 1.82) is 0 Å². The first-order valence-corrected chi connectivity index (χ1v) is 12.7. The summed E-state index contributed by atoms with van der Waals surface area (Å²) in [5, 5.41) is 6.08. The molecule has 2 heterocycles. The lowest BCUT2D eigenvalue weighted by atomic mass is 9.90. The number of amides is 3. The number of hydrogen-bond donors (Lipinski definition) is 4. The van der Waals surface area contributed by atoms with Crippen molar-refractivity contribution in [2.24, 2.45) is 16.5 Å². The minimum Gasteiger partial charge on any atom is -0.436 e. The molecule has 1 unspecified atom stereocenters. The van der Waals surface area contributed by atoms with Crippen LogP contribution in [0.15, 0.2) is 77.8 Å². The van der Waals surface area contributed by atoms with E-state index in [1.807, 2.05) is 30.3 Å². The van der Waals surface area contributed by atoms with Gasteiger partial charge in [0.25, 0.3) is 5.91 Å². The van der Waals surface area contributed by atoms with Gasteiger partial charge in [-0.05, 0) is 48.0 Å². The molecule has 2 aliphatic rings. The highest BCUT2D eigenvalue weighted by molar-refractivity contribution is 6.30. The Labute approximate surface area is 230 Å². The second-order valence-corrected chi connectivity index (χ2v) is 9.94. The lowest BCUT2D eigenvalue weighted by Gasteiger charge is -2.35. The minimum absolute atomic E-state index is 0.0894. The van der Waals surface area contributed by atoms with Gasteiger partial charge < -0.3 is 26.4 Å². The van der Waals surface area contributed by atoms with E-state index in [0.29, 0.717) is 34.9 Å². The predicted octanol–water partition coefficient (Wildman–Crippen LogP) is 3.28. The zero-order chi connectivity index (χ0) is 27.6. The first-order chi connectivity index (χ1) is 18.7. The Hall–Kier alpha value is -4.57. The smallest absolute Gasteiger partial charge is 0.412 e. The van der Waals surface area contributed by atoms with E-state index >= 15 is 0 Å². The normalized spacial score (nSPS) is 18.5. The Morgan fingerprint density at radius 2 is 1.85 bits per heavy atom. The number of benzene rings is 3. The molecule has 1 spiro atoms. The fraction of sp³-hybridized carbons (Fsp3) is 0.214. The maximum absolute atomic E-state index is 13.9. The first kappa shape index (κ1) is 26.1. The van der Waals surface area contributed by atoms with Gasteiger partial charge >= 0.3 is 6.09 Å². The number of nitrogens with zero attached hydrogens (tertiary/aromatic N) is 2. The molecule has 6 N–H and O–H groups in total. The van der Waals surface area contributed by atoms with Crippen LogP contribution in [0.25, 0.3) is 0 Å². The summed E-state index contributed by atoms with van der Waals surface area (Å²) in [6, 6.07) is 20.1. The number of carbonyl (C=O) groups is 3. The van der Waals surface area contributed by atoms with Gasteiger partial charge in [0.05, 0.1) is 17.9 Å². The van der Waals surface area contributed by atoms with Crippen LogP contribution in [-0.4, -0.2) is 47.9 Å². The number of nitrogens with one attached hydrogen (secondary N) is 2. The van der Waals surface area contributed by atoms with Gasteiger partial charge in [-0.2, -0.15) is 0 Å². The van der Waals surface area contributed by atoms with E-state index in [1.165, 1.54) is 0 Å². The van der Waals surface area contributed by atoms with Crippen molar-refractivity contribution < 1.29 is 19.1 Å². The number of anilines is 1. The molecule has 5 rings (SSSR count). The summed E-state index contributed by atoms with van der Waals surface area (Å²) < 4.78 is 5.77. The van der Waals surface area contributed by atoms with E-state index in [9.17, 15) is 14.4 Å². The average molecular weight is 547 g/mol. The zero-order valence-electron chi connectivity index (χ0n) is 20.9. The molecule has 0 radical (unpaired) electrons. The van der Waals surface area contributed by atoms with Gasteiger partial charge in [-0.1, -0.05) is 41.9 Å². The van der Waals surface area contributed by atoms with Crippen LogP contribution in [0.3, 0.4) is 0 Å². The van der Waals surface area contributed by atoms with Crippen molar-refractivity contribution >= 4 is 46.8 Å². The molecular weight excluding hydrogens is 520 g/mol. The summed E-state index contributed by atoms with van der Waals surface area (Å²) in [4.78, 5) is 45.0. The van der Waals surface area contributed by atoms with Crippen molar-refractivity contribution in [2.45, 2.75) is 24.5 Å². The number of rotatable bonds is 6. The highest BCUT2D eigenvalue weighted by Gasteiger charge is 2.49. The van der Waals surface area contributed by atoms with E-state index < -0.39 is 23.6 Å². The van der Waals surface area contributed by atoms with E-state index in [-0.39, 0.29) is 24.8 Å². The monoisotopic (exact) mass is 546 g/mol. The molecule has 11 heteroatoms. The van der Waals surface area contributed by atoms with E-state index in [0.717, 1.165) is 11.1 Å². The van der Waals surface area contributed by atoms with Crippen LogP contribution in [0.1, 0.15) is 27.9 Å². The van der Waals surface area contributed by atoms with Gasteiger partial charge in [0, 0.05) is 35.5 Å². The molecule has 39 heavy (non-hydrogen) atoms. The number of fused-ring (bicyclic) bond motifs is 2. The minimum atomic E-state index is -1.03. The van der Waals surface area contributed by atoms with Crippen molar-refractivity contribution in [3.63, 3.8) is 0 Å². The summed E-state index contributed by atoms with van der Waals surface area (Å²) in [6.07, 6.45) is 0.0973. The number of likely N-dealkylation sites (tertiary alicyclic amines) is 1. The predicted molar refractivity (Wildman–Crippen MR) is 148 cm³/mol. The Balaban J connectivity index is 1.38. The molecule has 3 aromatic carbocycles. The van der Waals surface area contributed by atoms with Gasteiger partial charge in [-0.15, -0.1) is 0 Å². The maximum atomic E-state index is 13.9. The van der Waals surface area contributed by atoms with Crippen LogP contribution in [0.4, 0.5) is 16.2 Å². The largest absolute Gasteiger partial charge is 0.436 e. The van der Waals surface area contributed by atoms with E-state index in [2.05, 4.69) is 15.6 Å². The van der Waals surface area contributed by atoms with Gasteiger partial charge in [-0.3, -0.25) is 14.9 Å². The fourth-order valence-electron chi connectivity index (χ4n) is 4.99. The molecule has 10 nitrogen and oxygen atoms in total. The standard InChI is InChI=1S/C28H27ClN6O4/c29-19-8-11-22-21(15-19)28(39-27(38)34-22)12-13-35(16-28)25(37)23(14-17-4-2-1-3-5-17)33-24(36)18-6-9-20(10-7-18)32-26(30)31/h1-11,15,23H,12-14,16H2,(H,33,36)(H,34,38)(H4,30,31,32)/t23-,28?/m0/s1. The summed E-state index contributed by atoms with van der Waals surface area (Å²) >= 11 is 6.25. The van der Waals surface area contributed by atoms with E-state index in [1.54, 1.807) is 47.4 Å². The third kappa shape index (κ3) is 5.65. The van der Waals surface area contributed by atoms with Gasteiger partial charge in [0.2, 0.25) is 5.91 Å². The van der Waals surface area contributed by atoms with Crippen LogP contribution >= 0.6 is 11.6 Å². The third-order valence-electron chi connectivity index (χ3n) is 6.81. The van der Waals surface area contributed by atoms with Crippen LogP contribution in [0.5, 0.6) is 0 Å². The molecule has 2 aliphatic heterocycles. The molecular formula is C28H27ClN6O4. The number of ether oxygens (including phenoxy) is 1. The van der Waals surface area contributed by atoms with Crippen molar-refractivity contribution in [1.82, 2.24) is 10.2 Å². The molecule has 200 valence electrons. The zero-order valence-corrected chi connectivity index (χ0v) is 21.6. The quantitative estimate of drug-likeness (QED) is 0.275. The number of hydrogen-bond acceptors (Lipinski definition) is 5. The summed E-state index contributed by atoms with van der Waals surface area (Å²) in [7, 11) is 0. The summed E-state index contributed by atoms with van der Waals surface area (Å²) in [6.45, 7) is 0.480. The summed E-state index contributed by atoms with van der Waals surface area (Å²) in [5.74, 6) is -0.785. The molecule has 0 aliphatic carbocycles. The van der Waals surface area contributed by atoms with Crippen molar-refractivity contribution in [3.05, 3.63) is 94.5 Å². The Kier molecular flexibility index (Phi) is 7.12. The SMILES string of the molecule is NC(N)=Nc1ccc(C(=O)N[C@@H](Cc2ccccc2)C(=O)N2CCC3(C2)OC(=O)Nc2ccc(Cl)cc23)cc1. The molecule has 3 amide bonds. The van der Waals surface area contributed by atoms with Gasteiger partial charge in [0.15, 0.2) is 11.6 Å². The Bertz CT molecular complexity index is 1440. The number of aliphatic imine (C=N–C) groups is 1. The number of halogens is 1. The maximum Gasteiger partial charge on any atom is 0.412 e. The highest BCUT2D eigenvalue weighted by atomic mass is 35.5. The lowest BCUT2D eigenvalue weighted by Crippen LogP contribution is -2.50. The molecule has 1 saturated heterocycles. The Morgan fingerprint density at radius 3 is 2.56 bits per heavy atom. The number of carbonyl (C=O) groups excluding carboxylic acids is 3. The van der Waals surface area contributed by atoms with Crippen LogP contribution in [0.2, 0.25) is 5.02 Å². The molecule has 0 bridgehead atoms. The topological polar surface area (TPSA) is 152 Å². The van der Waals surface area contributed by atoms with Gasteiger partial charge in [-0.25, -0.2) is 9.79 Å². The van der Waals surface area contributed by atoms with Crippen molar-refractivity contribution in [2.75, 3.05) is 18.4 Å². The van der Waals surface area contributed by atoms with Crippen LogP contribution in [-0.2, 0) is 21.6 Å². The average Bonchev–Trinajstić information content (AvgIpc) is 3.33. The van der Waals surface area contributed by atoms with Gasteiger partial charge in [0.1, 0.15) is 6.04 Å². The highest BCUT2D eigenvalue weighted by Crippen LogP contribution is 2.43. The fourth-order valence-corrected chi connectivity index (χ4v) is 5.16. The molecule has 0 saturated carbocycles. The first-order valence-electron chi connectivity index (χ1n) is 12.4. The Morgan fingerprint density at radius 1 is 1.10 bits per heavy atom. The molecule has 1 fully saturated rings. The lowest BCUT2D eigenvalue weighted by molar-refractivity contribution is -0.133. The molecule has 3 aromatic rings. The van der Waals surface area contributed by atoms with Crippen molar-refractivity contribution in [3.8, 4) is 0 Å².